The van der Waals surface area contributed by atoms with Gasteiger partial charge in [-0.25, -0.2) is 14.6 Å². The highest BCUT2D eigenvalue weighted by atomic mass is 32.1. The molecule has 1 aliphatic heterocycles. The van der Waals surface area contributed by atoms with E-state index in [0.717, 1.165) is 29.1 Å². The van der Waals surface area contributed by atoms with Crippen LogP contribution < -0.4 is 5.32 Å². The maximum absolute atomic E-state index is 12.2. The Labute approximate surface area is 166 Å². The summed E-state index contributed by atoms with van der Waals surface area (Å²) in [6.07, 6.45) is 4.18. The number of nitrogens with zero attached hydrogens (tertiary/aromatic N) is 5. The molecule has 1 unspecified atom stereocenters. The molecule has 0 radical (unpaired) electrons. The van der Waals surface area contributed by atoms with Crippen molar-refractivity contribution in [2.24, 2.45) is 0 Å². The van der Waals surface area contributed by atoms with E-state index in [2.05, 4.69) is 15.3 Å². The average Bonchev–Trinajstić information content (AvgIpc) is 3.40. The van der Waals surface area contributed by atoms with Crippen molar-refractivity contribution in [2.45, 2.75) is 32.7 Å². The summed E-state index contributed by atoms with van der Waals surface area (Å²) in [5.74, 6) is 0.172. The number of thiophene rings is 1. The van der Waals surface area contributed by atoms with E-state index in [9.17, 15) is 9.59 Å². The molecule has 3 aromatic rings. The number of aryl methyl sites for hydroxylation is 1. The SMILES string of the molecule is CC(=O)N1CCC(c2nn(CCNC(=O)c3ccc(C)s3)c3nccnc23)C1. The van der Waals surface area contributed by atoms with Gasteiger partial charge in [0.1, 0.15) is 5.52 Å². The molecular weight excluding hydrogens is 376 g/mol. The Morgan fingerprint density at radius 1 is 1.29 bits per heavy atom. The minimum atomic E-state index is -0.0752. The number of hydrogen-bond donors (Lipinski definition) is 1. The fraction of sp³-hybridized carbons (Fsp3) is 0.421. The Hall–Kier alpha value is -2.81. The van der Waals surface area contributed by atoms with Crippen LogP contribution in [0.25, 0.3) is 11.2 Å². The van der Waals surface area contributed by atoms with Gasteiger partial charge in [-0.15, -0.1) is 11.3 Å². The number of amides is 2. The minimum Gasteiger partial charge on any atom is -0.349 e. The zero-order valence-electron chi connectivity index (χ0n) is 15.9. The summed E-state index contributed by atoms with van der Waals surface area (Å²) in [5.41, 5.74) is 2.37. The smallest absolute Gasteiger partial charge is 0.261 e. The third-order valence-corrected chi connectivity index (χ3v) is 5.99. The van der Waals surface area contributed by atoms with Crippen molar-refractivity contribution < 1.29 is 9.59 Å². The summed E-state index contributed by atoms with van der Waals surface area (Å²) in [5, 5.41) is 7.68. The van der Waals surface area contributed by atoms with Crippen LogP contribution in [-0.4, -0.2) is 56.1 Å². The summed E-state index contributed by atoms with van der Waals surface area (Å²) in [7, 11) is 0. The molecule has 9 heteroatoms. The molecule has 4 rings (SSSR count). The molecule has 3 aromatic heterocycles. The van der Waals surface area contributed by atoms with Gasteiger partial charge in [-0.1, -0.05) is 0 Å². The van der Waals surface area contributed by atoms with Crippen molar-refractivity contribution >= 4 is 34.3 Å². The largest absolute Gasteiger partial charge is 0.349 e. The van der Waals surface area contributed by atoms with E-state index in [4.69, 9.17) is 5.10 Å². The lowest BCUT2D eigenvalue weighted by molar-refractivity contribution is -0.127. The predicted molar refractivity (Wildman–Crippen MR) is 106 cm³/mol. The highest BCUT2D eigenvalue weighted by Crippen LogP contribution is 2.30. The van der Waals surface area contributed by atoms with Crippen LogP contribution in [0.15, 0.2) is 24.5 Å². The van der Waals surface area contributed by atoms with E-state index >= 15 is 0 Å². The number of hydrogen-bond acceptors (Lipinski definition) is 6. The van der Waals surface area contributed by atoms with Gasteiger partial charge in [0.15, 0.2) is 5.65 Å². The second-order valence-corrected chi connectivity index (χ2v) is 8.24. The maximum Gasteiger partial charge on any atom is 0.261 e. The zero-order valence-corrected chi connectivity index (χ0v) is 16.7. The molecule has 1 fully saturated rings. The minimum absolute atomic E-state index is 0.0752. The van der Waals surface area contributed by atoms with Gasteiger partial charge >= 0.3 is 0 Å². The van der Waals surface area contributed by atoms with E-state index in [1.165, 1.54) is 11.3 Å². The third-order valence-electron chi connectivity index (χ3n) is 4.99. The molecule has 1 atom stereocenters. The first-order valence-corrected chi connectivity index (χ1v) is 10.1. The molecular formula is C19H22N6O2S. The van der Waals surface area contributed by atoms with Gasteiger partial charge in [0.05, 0.1) is 17.1 Å². The summed E-state index contributed by atoms with van der Waals surface area (Å²) in [6.45, 7) is 5.93. The highest BCUT2D eigenvalue weighted by Gasteiger charge is 2.30. The predicted octanol–water partition coefficient (Wildman–Crippen LogP) is 1.96. The quantitative estimate of drug-likeness (QED) is 0.709. The Bertz CT molecular complexity index is 1030. The second kappa shape index (κ2) is 7.67. The Balaban J connectivity index is 1.49. The van der Waals surface area contributed by atoms with E-state index < -0.39 is 0 Å². The van der Waals surface area contributed by atoms with Crippen LogP contribution in [0.5, 0.6) is 0 Å². The van der Waals surface area contributed by atoms with Crippen molar-refractivity contribution in [3.8, 4) is 0 Å². The van der Waals surface area contributed by atoms with Crippen LogP contribution in [-0.2, 0) is 11.3 Å². The number of carbonyl (C=O) groups excluding carboxylic acids is 2. The number of nitrogens with one attached hydrogen (secondary N) is 1. The molecule has 1 aliphatic rings. The average molecular weight is 398 g/mol. The number of carbonyl (C=O) groups is 2. The van der Waals surface area contributed by atoms with E-state index in [1.807, 2.05) is 24.0 Å². The monoisotopic (exact) mass is 398 g/mol. The molecule has 0 saturated carbocycles. The van der Waals surface area contributed by atoms with Gasteiger partial charge in [0.2, 0.25) is 5.91 Å². The van der Waals surface area contributed by atoms with E-state index in [0.29, 0.717) is 30.2 Å². The highest BCUT2D eigenvalue weighted by molar-refractivity contribution is 7.13. The summed E-state index contributed by atoms with van der Waals surface area (Å²) >= 11 is 1.48. The lowest BCUT2D eigenvalue weighted by atomic mass is 10.0. The van der Waals surface area contributed by atoms with Crippen LogP contribution in [0, 0.1) is 6.92 Å². The first-order valence-electron chi connectivity index (χ1n) is 9.30. The number of aromatic nitrogens is 4. The molecule has 28 heavy (non-hydrogen) atoms. The summed E-state index contributed by atoms with van der Waals surface area (Å²) < 4.78 is 1.80. The molecule has 4 heterocycles. The molecule has 1 saturated heterocycles. The topological polar surface area (TPSA) is 93.0 Å². The van der Waals surface area contributed by atoms with Crippen molar-refractivity contribution in [2.75, 3.05) is 19.6 Å². The van der Waals surface area contributed by atoms with Crippen LogP contribution in [0.3, 0.4) is 0 Å². The van der Waals surface area contributed by atoms with Crippen LogP contribution in [0.2, 0.25) is 0 Å². The number of likely N-dealkylation sites (tertiary alicyclic amines) is 1. The lowest BCUT2D eigenvalue weighted by Gasteiger charge is -2.12. The molecule has 1 N–H and O–H groups in total. The van der Waals surface area contributed by atoms with Crippen molar-refractivity contribution in [3.63, 3.8) is 0 Å². The van der Waals surface area contributed by atoms with Crippen LogP contribution in [0.1, 0.15) is 39.5 Å². The maximum atomic E-state index is 12.2. The Morgan fingerprint density at radius 3 is 2.82 bits per heavy atom. The van der Waals surface area contributed by atoms with Gasteiger partial charge < -0.3 is 10.2 Å². The molecule has 8 nitrogen and oxygen atoms in total. The lowest BCUT2D eigenvalue weighted by Crippen LogP contribution is -2.27. The van der Waals surface area contributed by atoms with Crippen LogP contribution >= 0.6 is 11.3 Å². The number of rotatable bonds is 5. The number of fused-ring (bicyclic) bond motifs is 1. The van der Waals surface area contributed by atoms with Gasteiger partial charge in [-0.3, -0.25) is 9.59 Å². The Kier molecular flexibility index (Phi) is 5.08. The summed E-state index contributed by atoms with van der Waals surface area (Å²) in [4.78, 5) is 36.4. The zero-order chi connectivity index (χ0) is 19.7. The second-order valence-electron chi connectivity index (χ2n) is 6.95. The van der Waals surface area contributed by atoms with Crippen molar-refractivity contribution in [3.05, 3.63) is 40.0 Å². The Morgan fingerprint density at radius 2 is 2.11 bits per heavy atom. The van der Waals surface area contributed by atoms with Gasteiger partial charge in [0.25, 0.3) is 5.91 Å². The van der Waals surface area contributed by atoms with Gasteiger partial charge in [0, 0.05) is 49.7 Å². The van der Waals surface area contributed by atoms with Gasteiger partial charge in [-0.05, 0) is 25.5 Å². The van der Waals surface area contributed by atoms with E-state index in [-0.39, 0.29) is 17.7 Å². The molecule has 146 valence electrons. The molecule has 0 aliphatic carbocycles. The normalized spacial score (nSPS) is 16.6. The molecule has 0 spiro atoms. The third kappa shape index (κ3) is 3.62. The fourth-order valence-electron chi connectivity index (χ4n) is 3.54. The summed E-state index contributed by atoms with van der Waals surface area (Å²) in [6, 6.07) is 3.78. The standard InChI is InChI=1S/C19H22N6O2S/c1-12-3-4-15(28-12)19(27)22-8-10-25-18-17(20-6-7-21-18)16(23-25)14-5-9-24(11-14)13(2)26/h3-4,6-7,14H,5,8-11H2,1-2H3,(H,22,27). The van der Waals surface area contributed by atoms with E-state index in [1.54, 1.807) is 24.0 Å². The first-order chi connectivity index (χ1) is 13.5. The van der Waals surface area contributed by atoms with Crippen LogP contribution in [0.4, 0.5) is 0 Å². The fourth-order valence-corrected chi connectivity index (χ4v) is 4.33. The molecule has 0 bridgehead atoms. The molecule has 0 aromatic carbocycles. The molecule has 2 amide bonds. The first kappa shape index (κ1) is 18.5. The van der Waals surface area contributed by atoms with Gasteiger partial charge in [-0.2, -0.15) is 5.10 Å². The van der Waals surface area contributed by atoms with Crippen molar-refractivity contribution in [1.82, 2.24) is 30.0 Å². The van der Waals surface area contributed by atoms with Crippen molar-refractivity contribution in [1.29, 1.82) is 0 Å².